The lowest BCUT2D eigenvalue weighted by Crippen LogP contribution is -2.17. The van der Waals surface area contributed by atoms with Gasteiger partial charge in [-0.1, -0.05) is 73.1 Å². The van der Waals surface area contributed by atoms with E-state index in [2.05, 4.69) is 77.5 Å². The van der Waals surface area contributed by atoms with Crippen molar-refractivity contribution in [3.05, 3.63) is 69.5 Å². The number of halogens is 1. The van der Waals surface area contributed by atoms with Crippen molar-refractivity contribution in [2.45, 2.75) is 46.5 Å². The quantitative estimate of drug-likeness (QED) is 0.541. The molecule has 1 aromatic heterocycles. The molecule has 146 valence electrons. The predicted octanol–water partition coefficient (Wildman–Crippen LogP) is 5.84. The van der Waals surface area contributed by atoms with Crippen LogP contribution in [0.15, 0.2) is 46.9 Å². The van der Waals surface area contributed by atoms with Crippen LogP contribution in [0.5, 0.6) is 0 Å². The number of amides is 1. The van der Waals surface area contributed by atoms with Crippen LogP contribution in [0, 0.1) is 6.92 Å². The van der Waals surface area contributed by atoms with E-state index in [-0.39, 0.29) is 5.91 Å². The largest absolute Gasteiger partial charge is 0.320 e. The average molecular weight is 441 g/mol. The molecule has 3 aromatic rings. The Hall–Kier alpha value is -2.47. The number of anilines is 1. The minimum Gasteiger partial charge on any atom is -0.320 e. The van der Waals surface area contributed by atoms with E-state index in [1.54, 1.807) is 4.68 Å². The molecule has 3 rings (SSSR count). The number of aromatic nitrogens is 3. The fourth-order valence-corrected chi connectivity index (χ4v) is 3.65. The molecule has 2 aromatic carbocycles. The van der Waals surface area contributed by atoms with Crippen molar-refractivity contribution < 1.29 is 4.79 Å². The zero-order valence-corrected chi connectivity index (χ0v) is 18.4. The van der Waals surface area contributed by atoms with Crippen molar-refractivity contribution in [2.24, 2.45) is 0 Å². The summed E-state index contributed by atoms with van der Waals surface area (Å²) in [6.45, 7) is 10.4. The number of carbonyl (C=O) groups excluding carboxylic acids is 1. The van der Waals surface area contributed by atoms with Crippen molar-refractivity contribution in [1.82, 2.24) is 15.0 Å². The van der Waals surface area contributed by atoms with E-state index in [1.807, 2.05) is 31.2 Å². The van der Waals surface area contributed by atoms with Crippen LogP contribution in [-0.4, -0.2) is 20.9 Å². The molecule has 0 saturated heterocycles. The molecule has 0 aliphatic heterocycles. The Morgan fingerprint density at radius 2 is 1.64 bits per heavy atom. The number of nitrogens with zero attached hydrogens (tertiary/aromatic N) is 3. The molecule has 0 aliphatic rings. The molecule has 0 spiro atoms. The van der Waals surface area contributed by atoms with E-state index in [0.717, 1.165) is 27.0 Å². The van der Waals surface area contributed by atoms with Crippen molar-refractivity contribution in [1.29, 1.82) is 0 Å². The summed E-state index contributed by atoms with van der Waals surface area (Å²) < 4.78 is 2.62. The molecule has 5 nitrogen and oxygen atoms in total. The minimum absolute atomic E-state index is 0.242. The molecule has 1 heterocycles. The summed E-state index contributed by atoms with van der Waals surface area (Å²) in [5, 5.41) is 11.5. The SMILES string of the molecule is Cc1c(C(=O)Nc2c(C(C)C)cccc2C(C)C)nnn1-c1cccc(Br)c1. The molecular formula is C22H25BrN4O. The summed E-state index contributed by atoms with van der Waals surface area (Å²) in [7, 11) is 0. The van der Waals surface area contributed by atoms with Gasteiger partial charge in [0.05, 0.1) is 11.4 Å². The highest BCUT2D eigenvalue weighted by Gasteiger charge is 2.21. The van der Waals surface area contributed by atoms with Gasteiger partial charge in [-0.15, -0.1) is 5.10 Å². The highest BCUT2D eigenvalue weighted by atomic mass is 79.9. The van der Waals surface area contributed by atoms with Gasteiger partial charge in [-0.2, -0.15) is 0 Å². The second-order valence-electron chi connectivity index (χ2n) is 7.49. The maximum absolute atomic E-state index is 13.1. The smallest absolute Gasteiger partial charge is 0.278 e. The Morgan fingerprint density at radius 1 is 1.04 bits per heavy atom. The summed E-state index contributed by atoms with van der Waals surface area (Å²) in [5.41, 5.74) is 5.00. The Balaban J connectivity index is 1.97. The summed E-state index contributed by atoms with van der Waals surface area (Å²) in [4.78, 5) is 13.1. The number of para-hydroxylation sites is 1. The van der Waals surface area contributed by atoms with Crippen LogP contribution in [0.1, 0.15) is 66.8 Å². The normalized spacial score (nSPS) is 11.3. The third kappa shape index (κ3) is 4.02. The number of nitrogens with one attached hydrogen (secondary N) is 1. The zero-order valence-electron chi connectivity index (χ0n) is 16.8. The van der Waals surface area contributed by atoms with Crippen LogP contribution in [-0.2, 0) is 0 Å². The van der Waals surface area contributed by atoms with Crippen LogP contribution < -0.4 is 5.32 Å². The van der Waals surface area contributed by atoms with E-state index in [0.29, 0.717) is 23.2 Å². The van der Waals surface area contributed by atoms with Crippen LogP contribution in [0.25, 0.3) is 5.69 Å². The van der Waals surface area contributed by atoms with E-state index in [1.165, 1.54) is 0 Å². The fourth-order valence-electron chi connectivity index (χ4n) is 3.26. The summed E-state index contributed by atoms with van der Waals surface area (Å²) >= 11 is 3.47. The first-order valence-corrected chi connectivity index (χ1v) is 10.2. The summed E-state index contributed by atoms with van der Waals surface area (Å²) in [5.74, 6) is 0.355. The lowest BCUT2D eigenvalue weighted by molar-refractivity contribution is 0.102. The lowest BCUT2D eigenvalue weighted by Gasteiger charge is -2.19. The van der Waals surface area contributed by atoms with Gasteiger partial charge in [0, 0.05) is 10.2 Å². The second kappa shape index (κ2) is 8.27. The molecule has 0 saturated carbocycles. The molecule has 0 radical (unpaired) electrons. The Kier molecular flexibility index (Phi) is 5.98. The van der Waals surface area contributed by atoms with Crippen molar-refractivity contribution >= 4 is 27.5 Å². The van der Waals surface area contributed by atoms with Gasteiger partial charge >= 0.3 is 0 Å². The molecular weight excluding hydrogens is 416 g/mol. The van der Waals surface area contributed by atoms with Gasteiger partial charge in [0.2, 0.25) is 0 Å². The highest BCUT2D eigenvalue weighted by Crippen LogP contribution is 2.32. The van der Waals surface area contributed by atoms with Crippen LogP contribution in [0.2, 0.25) is 0 Å². The Bertz CT molecular complexity index is 981. The zero-order chi connectivity index (χ0) is 20.4. The van der Waals surface area contributed by atoms with Crippen molar-refractivity contribution in [3.63, 3.8) is 0 Å². The highest BCUT2D eigenvalue weighted by molar-refractivity contribution is 9.10. The van der Waals surface area contributed by atoms with Crippen molar-refractivity contribution in [3.8, 4) is 5.69 Å². The Labute approximate surface area is 174 Å². The first-order valence-electron chi connectivity index (χ1n) is 9.42. The second-order valence-corrected chi connectivity index (χ2v) is 8.41. The molecule has 0 bridgehead atoms. The minimum atomic E-state index is -0.242. The van der Waals surface area contributed by atoms with Gasteiger partial charge in [0.15, 0.2) is 5.69 Å². The molecule has 0 aliphatic carbocycles. The topological polar surface area (TPSA) is 59.8 Å². The van der Waals surface area contributed by atoms with Crippen LogP contribution in [0.3, 0.4) is 0 Å². The maximum atomic E-state index is 13.1. The summed E-state index contributed by atoms with van der Waals surface area (Å²) in [6, 6.07) is 13.9. The molecule has 28 heavy (non-hydrogen) atoms. The van der Waals surface area contributed by atoms with E-state index < -0.39 is 0 Å². The third-order valence-electron chi connectivity index (χ3n) is 4.77. The molecule has 1 amide bonds. The first-order chi connectivity index (χ1) is 13.3. The number of benzene rings is 2. The molecule has 6 heteroatoms. The molecule has 0 atom stereocenters. The van der Waals surface area contributed by atoms with E-state index in [9.17, 15) is 4.79 Å². The standard InChI is InChI=1S/C22H25BrN4O/c1-13(2)18-10-7-11-19(14(3)4)21(18)24-22(28)20-15(5)27(26-25-20)17-9-6-8-16(23)12-17/h6-14H,1-5H3,(H,24,28). The number of rotatable bonds is 5. The van der Waals surface area contributed by atoms with Gasteiger partial charge in [-0.25, -0.2) is 4.68 Å². The van der Waals surface area contributed by atoms with Crippen molar-refractivity contribution in [2.75, 3.05) is 5.32 Å². The maximum Gasteiger partial charge on any atom is 0.278 e. The van der Waals surface area contributed by atoms with Gasteiger partial charge < -0.3 is 5.32 Å². The Morgan fingerprint density at radius 3 is 2.21 bits per heavy atom. The third-order valence-corrected chi connectivity index (χ3v) is 5.27. The fraction of sp³-hybridized carbons (Fsp3) is 0.318. The van der Waals surface area contributed by atoms with Gasteiger partial charge in [0.1, 0.15) is 0 Å². The molecule has 0 unspecified atom stereocenters. The molecule has 1 N–H and O–H groups in total. The van der Waals surface area contributed by atoms with E-state index >= 15 is 0 Å². The number of hydrogen-bond acceptors (Lipinski definition) is 3. The summed E-state index contributed by atoms with van der Waals surface area (Å²) in [6.07, 6.45) is 0. The van der Waals surface area contributed by atoms with Gasteiger partial charge in [0.25, 0.3) is 5.91 Å². The first kappa shape index (κ1) is 20.3. The average Bonchev–Trinajstić information content (AvgIpc) is 3.03. The monoisotopic (exact) mass is 440 g/mol. The van der Waals surface area contributed by atoms with Gasteiger partial charge in [-0.05, 0) is 48.1 Å². The van der Waals surface area contributed by atoms with Crippen LogP contribution in [0.4, 0.5) is 5.69 Å². The molecule has 0 fully saturated rings. The van der Waals surface area contributed by atoms with Gasteiger partial charge in [-0.3, -0.25) is 4.79 Å². The van der Waals surface area contributed by atoms with Crippen LogP contribution >= 0.6 is 15.9 Å². The predicted molar refractivity (Wildman–Crippen MR) is 116 cm³/mol. The number of carbonyl (C=O) groups is 1. The van der Waals surface area contributed by atoms with E-state index in [4.69, 9.17) is 0 Å². The number of hydrogen-bond donors (Lipinski definition) is 1. The lowest BCUT2D eigenvalue weighted by atomic mass is 9.92.